The average molecular weight is 285 g/mol. The van der Waals surface area contributed by atoms with Crippen LogP contribution in [-0.2, 0) is 11.2 Å². The summed E-state index contributed by atoms with van der Waals surface area (Å²) in [5.41, 5.74) is 4.00. The molecular formula is C18H23NO2. The Labute approximate surface area is 126 Å². The zero-order valence-electron chi connectivity index (χ0n) is 12.8. The molecule has 0 fully saturated rings. The third-order valence-electron chi connectivity index (χ3n) is 4.27. The Kier molecular flexibility index (Phi) is 4.42. The predicted molar refractivity (Wildman–Crippen MR) is 83.3 cm³/mol. The van der Waals surface area contributed by atoms with E-state index < -0.39 is 0 Å². The molecule has 112 valence electrons. The van der Waals surface area contributed by atoms with Crippen LogP contribution >= 0.6 is 0 Å². The fourth-order valence-electron chi connectivity index (χ4n) is 3.21. The van der Waals surface area contributed by atoms with E-state index in [4.69, 9.17) is 9.15 Å². The first-order chi connectivity index (χ1) is 10.3. The lowest BCUT2D eigenvalue weighted by atomic mass is 9.91. The number of rotatable bonds is 5. The minimum atomic E-state index is 0.160. The van der Waals surface area contributed by atoms with Gasteiger partial charge in [0, 0.05) is 11.6 Å². The molecular weight excluding hydrogens is 262 g/mol. The molecule has 0 aliphatic carbocycles. The molecule has 1 aromatic heterocycles. The molecule has 2 unspecified atom stereocenters. The van der Waals surface area contributed by atoms with Crippen molar-refractivity contribution in [1.29, 1.82) is 0 Å². The number of nitrogens with one attached hydrogen (secondary N) is 1. The van der Waals surface area contributed by atoms with Crippen LogP contribution in [0.3, 0.4) is 0 Å². The average Bonchev–Trinajstić information content (AvgIpc) is 2.93. The fourth-order valence-corrected chi connectivity index (χ4v) is 3.21. The second kappa shape index (κ2) is 6.46. The molecule has 0 radical (unpaired) electrons. The molecule has 0 bridgehead atoms. The number of fused-ring (bicyclic) bond motifs is 1. The van der Waals surface area contributed by atoms with Gasteiger partial charge in [-0.15, -0.1) is 0 Å². The van der Waals surface area contributed by atoms with Gasteiger partial charge in [-0.05, 0) is 43.5 Å². The Morgan fingerprint density at radius 1 is 1.29 bits per heavy atom. The Morgan fingerprint density at radius 2 is 2.14 bits per heavy atom. The van der Waals surface area contributed by atoms with Crippen LogP contribution in [0.4, 0.5) is 0 Å². The highest BCUT2D eigenvalue weighted by Crippen LogP contribution is 2.35. The standard InChI is InChI=1S/C18H23NO2/c1-3-19-17(15-9-11-20-13(15)2)12-18-16-7-5-4-6-14(16)8-10-21-18/h4-7,9,11,17-19H,3,8,10,12H2,1-2H3. The number of benzene rings is 1. The van der Waals surface area contributed by atoms with E-state index in [1.807, 2.05) is 6.92 Å². The highest BCUT2D eigenvalue weighted by Gasteiger charge is 2.25. The van der Waals surface area contributed by atoms with Gasteiger partial charge in [0.25, 0.3) is 0 Å². The third-order valence-corrected chi connectivity index (χ3v) is 4.27. The first kappa shape index (κ1) is 14.4. The van der Waals surface area contributed by atoms with Crippen LogP contribution in [-0.4, -0.2) is 13.2 Å². The van der Waals surface area contributed by atoms with Gasteiger partial charge in [0.1, 0.15) is 5.76 Å². The Balaban J connectivity index is 1.83. The molecule has 3 nitrogen and oxygen atoms in total. The molecule has 2 aromatic rings. The van der Waals surface area contributed by atoms with Gasteiger partial charge in [-0.2, -0.15) is 0 Å². The van der Waals surface area contributed by atoms with Crippen LogP contribution in [0.2, 0.25) is 0 Å². The normalized spacial score (nSPS) is 19.2. The first-order valence-electron chi connectivity index (χ1n) is 7.76. The van der Waals surface area contributed by atoms with Crippen molar-refractivity contribution in [1.82, 2.24) is 5.32 Å². The van der Waals surface area contributed by atoms with Crippen molar-refractivity contribution < 1.29 is 9.15 Å². The van der Waals surface area contributed by atoms with E-state index in [1.165, 1.54) is 16.7 Å². The van der Waals surface area contributed by atoms with Gasteiger partial charge in [-0.3, -0.25) is 0 Å². The van der Waals surface area contributed by atoms with Crippen molar-refractivity contribution in [2.75, 3.05) is 13.2 Å². The summed E-state index contributed by atoms with van der Waals surface area (Å²) >= 11 is 0. The molecule has 3 rings (SSSR count). The molecule has 0 saturated heterocycles. The number of hydrogen-bond donors (Lipinski definition) is 1. The van der Waals surface area contributed by atoms with Crippen molar-refractivity contribution in [3.8, 4) is 0 Å². The topological polar surface area (TPSA) is 34.4 Å². The summed E-state index contributed by atoms with van der Waals surface area (Å²) in [6.07, 6.45) is 3.88. The van der Waals surface area contributed by atoms with Crippen molar-refractivity contribution in [2.45, 2.75) is 38.8 Å². The molecule has 0 amide bonds. The van der Waals surface area contributed by atoms with Crippen molar-refractivity contribution >= 4 is 0 Å². The van der Waals surface area contributed by atoms with Crippen LogP contribution < -0.4 is 5.32 Å². The molecule has 0 spiro atoms. The van der Waals surface area contributed by atoms with Gasteiger partial charge in [-0.1, -0.05) is 31.2 Å². The number of hydrogen-bond acceptors (Lipinski definition) is 3. The van der Waals surface area contributed by atoms with E-state index in [-0.39, 0.29) is 12.1 Å². The highest BCUT2D eigenvalue weighted by atomic mass is 16.5. The Hall–Kier alpha value is -1.58. The van der Waals surface area contributed by atoms with Crippen molar-refractivity contribution in [3.63, 3.8) is 0 Å². The first-order valence-corrected chi connectivity index (χ1v) is 7.76. The summed E-state index contributed by atoms with van der Waals surface area (Å²) in [6, 6.07) is 11.0. The number of furan rings is 1. The molecule has 1 N–H and O–H groups in total. The van der Waals surface area contributed by atoms with Crippen LogP contribution in [0.15, 0.2) is 41.0 Å². The summed E-state index contributed by atoms with van der Waals surface area (Å²) in [5, 5.41) is 3.56. The van der Waals surface area contributed by atoms with E-state index in [0.717, 1.165) is 31.8 Å². The smallest absolute Gasteiger partial charge is 0.105 e. The molecule has 1 aliphatic heterocycles. The Bertz CT molecular complexity index is 590. The van der Waals surface area contributed by atoms with Crippen LogP contribution in [0.5, 0.6) is 0 Å². The molecule has 1 aliphatic rings. The summed E-state index contributed by atoms with van der Waals surface area (Å²) in [7, 11) is 0. The quantitative estimate of drug-likeness (QED) is 0.903. The molecule has 2 atom stereocenters. The maximum absolute atomic E-state index is 6.05. The largest absolute Gasteiger partial charge is 0.469 e. The van der Waals surface area contributed by atoms with Gasteiger partial charge in [-0.25, -0.2) is 0 Å². The van der Waals surface area contributed by atoms with Crippen LogP contribution in [0, 0.1) is 6.92 Å². The summed E-state index contributed by atoms with van der Waals surface area (Å²) < 4.78 is 11.5. The van der Waals surface area contributed by atoms with Crippen molar-refractivity contribution in [2.24, 2.45) is 0 Å². The summed E-state index contributed by atoms with van der Waals surface area (Å²) in [5.74, 6) is 0.991. The van der Waals surface area contributed by atoms with Gasteiger partial charge in [0.2, 0.25) is 0 Å². The lowest BCUT2D eigenvalue weighted by molar-refractivity contribution is 0.0293. The minimum absolute atomic E-state index is 0.160. The molecule has 2 heterocycles. The van der Waals surface area contributed by atoms with E-state index in [1.54, 1.807) is 6.26 Å². The number of ether oxygens (including phenoxy) is 1. The molecule has 21 heavy (non-hydrogen) atoms. The Morgan fingerprint density at radius 3 is 2.90 bits per heavy atom. The second-order valence-corrected chi connectivity index (χ2v) is 5.59. The lowest BCUT2D eigenvalue weighted by Crippen LogP contribution is -2.26. The zero-order chi connectivity index (χ0) is 14.7. The summed E-state index contributed by atoms with van der Waals surface area (Å²) in [6.45, 7) is 5.90. The predicted octanol–water partition coefficient (Wildman–Crippen LogP) is 3.94. The minimum Gasteiger partial charge on any atom is -0.469 e. The van der Waals surface area contributed by atoms with Crippen LogP contribution in [0.1, 0.15) is 47.9 Å². The van der Waals surface area contributed by atoms with E-state index >= 15 is 0 Å². The lowest BCUT2D eigenvalue weighted by Gasteiger charge is -2.29. The molecule has 3 heteroatoms. The van der Waals surface area contributed by atoms with Crippen molar-refractivity contribution in [3.05, 3.63) is 59.0 Å². The van der Waals surface area contributed by atoms with E-state index in [9.17, 15) is 0 Å². The third kappa shape index (κ3) is 3.04. The maximum Gasteiger partial charge on any atom is 0.105 e. The van der Waals surface area contributed by atoms with Gasteiger partial charge in [0.15, 0.2) is 0 Å². The van der Waals surface area contributed by atoms with Crippen LogP contribution in [0.25, 0.3) is 0 Å². The maximum atomic E-state index is 6.05. The number of aryl methyl sites for hydroxylation is 1. The van der Waals surface area contributed by atoms with E-state index in [2.05, 4.69) is 42.6 Å². The van der Waals surface area contributed by atoms with Gasteiger partial charge < -0.3 is 14.5 Å². The molecule has 1 aromatic carbocycles. The second-order valence-electron chi connectivity index (χ2n) is 5.59. The van der Waals surface area contributed by atoms with Gasteiger partial charge in [0.05, 0.1) is 19.0 Å². The fraction of sp³-hybridized carbons (Fsp3) is 0.444. The summed E-state index contributed by atoms with van der Waals surface area (Å²) in [4.78, 5) is 0. The zero-order valence-corrected chi connectivity index (χ0v) is 12.8. The monoisotopic (exact) mass is 285 g/mol. The highest BCUT2D eigenvalue weighted by molar-refractivity contribution is 5.31. The SMILES string of the molecule is CCNC(CC1OCCc2ccccc21)c1ccoc1C. The molecule has 0 saturated carbocycles. The van der Waals surface area contributed by atoms with E-state index in [0.29, 0.717) is 0 Å². The van der Waals surface area contributed by atoms with Gasteiger partial charge >= 0.3 is 0 Å².